The minimum Gasteiger partial charge on any atom is -0.350 e. The lowest BCUT2D eigenvalue weighted by atomic mass is 10.1. The monoisotopic (exact) mass is 456 g/mol. The predicted octanol–water partition coefficient (Wildman–Crippen LogP) is 2.93. The van der Waals surface area contributed by atoms with Crippen molar-refractivity contribution in [2.24, 2.45) is 0 Å². The summed E-state index contributed by atoms with van der Waals surface area (Å²) in [6.07, 6.45) is -4.63. The van der Waals surface area contributed by atoms with E-state index in [2.05, 4.69) is 20.7 Å². The van der Waals surface area contributed by atoms with Gasteiger partial charge in [-0.05, 0) is 49.7 Å². The average molecular weight is 456 g/mol. The van der Waals surface area contributed by atoms with Gasteiger partial charge in [0.25, 0.3) is 5.56 Å². The lowest BCUT2D eigenvalue weighted by Gasteiger charge is -2.16. The Morgan fingerprint density at radius 1 is 1.09 bits per heavy atom. The van der Waals surface area contributed by atoms with Crippen molar-refractivity contribution in [1.29, 1.82) is 0 Å². The number of halogens is 3. The molecule has 0 saturated carbocycles. The number of rotatable bonds is 5. The number of hydrogen-bond acceptors (Lipinski definition) is 5. The second-order valence-electron chi connectivity index (χ2n) is 7.52. The largest absolute Gasteiger partial charge is 0.416 e. The Morgan fingerprint density at radius 3 is 2.55 bits per heavy atom. The van der Waals surface area contributed by atoms with Crippen LogP contribution >= 0.6 is 0 Å². The van der Waals surface area contributed by atoms with Gasteiger partial charge in [-0.15, -0.1) is 5.10 Å². The number of alkyl halides is 3. The van der Waals surface area contributed by atoms with Crippen LogP contribution in [0.15, 0.2) is 53.3 Å². The Balaban J connectivity index is 1.54. The van der Waals surface area contributed by atoms with E-state index < -0.39 is 29.8 Å². The fraction of sp³-hybridized carbons (Fsp3) is 0.227. The molecule has 0 aliphatic carbocycles. The fourth-order valence-corrected chi connectivity index (χ4v) is 3.52. The smallest absolute Gasteiger partial charge is 0.350 e. The molecule has 2 aromatic heterocycles. The summed E-state index contributed by atoms with van der Waals surface area (Å²) >= 11 is 0. The van der Waals surface area contributed by atoms with Crippen molar-refractivity contribution >= 4 is 16.8 Å². The summed E-state index contributed by atoms with van der Waals surface area (Å²) in [5.74, 6) is -0.669. The molecule has 0 aliphatic rings. The number of aromatic nitrogens is 5. The molecule has 0 spiro atoms. The number of benzene rings is 2. The number of carbonyl (C=O) groups is 1. The fourth-order valence-electron chi connectivity index (χ4n) is 3.52. The van der Waals surface area contributed by atoms with Gasteiger partial charge in [0.2, 0.25) is 5.91 Å². The third-order valence-electron chi connectivity index (χ3n) is 5.05. The summed E-state index contributed by atoms with van der Waals surface area (Å²) in [5, 5.41) is 14.5. The van der Waals surface area contributed by atoms with Crippen molar-refractivity contribution in [1.82, 2.24) is 30.1 Å². The zero-order valence-electron chi connectivity index (χ0n) is 17.7. The van der Waals surface area contributed by atoms with Gasteiger partial charge in [-0.25, -0.2) is 9.36 Å². The Kier molecular flexibility index (Phi) is 5.71. The minimum absolute atomic E-state index is 0.113. The summed E-state index contributed by atoms with van der Waals surface area (Å²) in [6.45, 7) is 2.66. The Labute approximate surface area is 185 Å². The molecule has 0 aliphatic heterocycles. The number of nitrogens with one attached hydrogen (secondary N) is 1. The number of fused-ring (bicyclic) bond motifs is 1. The molecule has 8 nitrogen and oxygen atoms in total. The quantitative estimate of drug-likeness (QED) is 0.498. The van der Waals surface area contributed by atoms with Crippen LogP contribution in [-0.4, -0.2) is 30.7 Å². The van der Waals surface area contributed by atoms with E-state index in [-0.39, 0.29) is 17.8 Å². The van der Waals surface area contributed by atoms with Crippen LogP contribution in [0.4, 0.5) is 13.2 Å². The summed E-state index contributed by atoms with van der Waals surface area (Å²) in [6, 6.07) is 12.1. The van der Waals surface area contributed by atoms with Gasteiger partial charge in [0.1, 0.15) is 12.1 Å². The van der Waals surface area contributed by atoms with E-state index in [0.717, 1.165) is 10.7 Å². The Hall–Kier alpha value is -4.02. The minimum atomic E-state index is -4.63. The van der Waals surface area contributed by atoms with E-state index in [1.807, 2.05) is 0 Å². The van der Waals surface area contributed by atoms with Crippen molar-refractivity contribution in [3.8, 4) is 5.69 Å². The first kappa shape index (κ1) is 22.2. The SMILES string of the molecule is Cc1cc(C)n(-c2ccc(CNC(=O)Cn3nnc4ccccc4c3=O)c(C(F)(F)F)c2)n1. The molecule has 0 atom stereocenters. The second kappa shape index (κ2) is 8.49. The highest BCUT2D eigenvalue weighted by Crippen LogP contribution is 2.33. The molecule has 2 aromatic carbocycles. The van der Waals surface area contributed by atoms with Gasteiger partial charge >= 0.3 is 6.18 Å². The van der Waals surface area contributed by atoms with Crippen LogP contribution in [0.5, 0.6) is 0 Å². The molecule has 0 radical (unpaired) electrons. The first-order valence-electron chi connectivity index (χ1n) is 9.96. The highest BCUT2D eigenvalue weighted by atomic mass is 19.4. The average Bonchev–Trinajstić information content (AvgIpc) is 3.11. The molecule has 0 saturated heterocycles. The van der Waals surface area contributed by atoms with Gasteiger partial charge in [0.15, 0.2) is 0 Å². The molecule has 170 valence electrons. The van der Waals surface area contributed by atoms with Crippen LogP contribution in [-0.2, 0) is 24.1 Å². The summed E-state index contributed by atoms with van der Waals surface area (Å²) in [4.78, 5) is 24.8. The van der Waals surface area contributed by atoms with E-state index in [9.17, 15) is 22.8 Å². The zero-order chi connectivity index (χ0) is 23.8. The first-order valence-corrected chi connectivity index (χ1v) is 9.96. The van der Waals surface area contributed by atoms with Crippen LogP contribution in [0.3, 0.4) is 0 Å². The lowest BCUT2D eigenvalue weighted by Crippen LogP contribution is -2.34. The second-order valence-corrected chi connectivity index (χ2v) is 7.52. The number of aryl methyl sites for hydroxylation is 2. The van der Waals surface area contributed by atoms with Crippen LogP contribution in [0.1, 0.15) is 22.5 Å². The summed E-state index contributed by atoms with van der Waals surface area (Å²) in [7, 11) is 0. The van der Waals surface area contributed by atoms with Gasteiger partial charge in [0.05, 0.1) is 22.3 Å². The third-order valence-corrected chi connectivity index (χ3v) is 5.05. The van der Waals surface area contributed by atoms with Crippen molar-refractivity contribution in [2.75, 3.05) is 0 Å². The molecular formula is C22H19F3N6O2. The van der Waals surface area contributed by atoms with E-state index in [1.165, 1.54) is 16.8 Å². The van der Waals surface area contributed by atoms with Crippen molar-refractivity contribution < 1.29 is 18.0 Å². The van der Waals surface area contributed by atoms with Gasteiger partial charge in [-0.1, -0.05) is 23.4 Å². The molecule has 1 amide bonds. The topological polar surface area (TPSA) is 94.7 Å². The van der Waals surface area contributed by atoms with Crippen molar-refractivity contribution in [2.45, 2.75) is 33.1 Å². The number of carbonyl (C=O) groups excluding carboxylic acids is 1. The molecule has 0 bridgehead atoms. The molecule has 4 rings (SSSR count). The molecule has 4 aromatic rings. The maximum atomic E-state index is 13.7. The maximum Gasteiger partial charge on any atom is 0.416 e. The Morgan fingerprint density at radius 2 is 1.85 bits per heavy atom. The molecule has 33 heavy (non-hydrogen) atoms. The highest BCUT2D eigenvalue weighted by molar-refractivity contribution is 5.78. The van der Waals surface area contributed by atoms with Crippen molar-refractivity contribution in [3.05, 3.63) is 81.4 Å². The van der Waals surface area contributed by atoms with Crippen molar-refractivity contribution in [3.63, 3.8) is 0 Å². The van der Waals surface area contributed by atoms with Crippen LogP contribution < -0.4 is 10.9 Å². The van der Waals surface area contributed by atoms with E-state index in [0.29, 0.717) is 22.3 Å². The van der Waals surface area contributed by atoms with Crippen LogP contribution in [0.25, 0.3) is 16.6 Å². The number of nitrogens with zero attached hydrogens (tertiary/aromatic N) is 5. The van der Waals surface area contributed by atoms with Crippen LogP contribution in [0, 0.1) is 13.8 Å². The lowest BCUT2D eigenvalue weighted by molar-refractivity contribution is -0.138. The van der Waals surface area contributed by atoms with Crippen LogP contribution in [0.2, 0.25) is 0 Å². The third kappa shape index (κ3) is 4.61. The molecular weight excluding hydrogens is 437 g/mol. The van der Waals surface area contributed by atoms with E-state index in [4.69, 9.17) is 0 Å². The normalized spacial score (nSPS) is 11.7. The first-order chi connectivity index (χ1) is 15.6. The summed E-state index contributed by atoms with van der Waals surface area (Å²) < 4.78 is 43.4. The molecule has 11 heteroatoms. The maximum absolute atomic E-state index is 13.7. The van der Waals surface area contributed by atoms with E-state index >= 15 is 0 Å². The standard InChI is InChI=1S/C22H19F3N6O2/c1-13-9-14(2)31(28-13)16-8-7-15(18(10-16)22(23,24)25)11-26-20(32)12-30-21(33)17-5-3-4-6-19(17)27-29-30/h3-10H,11-12H2,1-2H3,(H,26,32). The van der Waals surface area contributed by atoms with E-state index in [1.54, 1.807) is 44.2 Å². The number of hydrogen-bond donors (Lipinski definition) is 1. The molecule has 0 unspecified atom stereocenters. The zero-order valence-corrected chi connectivity index (χ0v) is 17.7. The highest BCUT2D eigenvalue weighted by Gasteiger charge is 2.34. The number of amides is 1. The predicted molar refractivity (Wildman–Crippen MR) is 114 cm³/mol. The van der Waals surface area contributed by atoms with Gasteiger partial charge in [0, 0.05) is 12.2 Å². The van der Waals surface area contributed by atoms with Gasteiger partial charge < -0.3 is 5.32 Å². The summed E-state index contributed by atoms with van der Waals surface area (Å²) in [5.41, 5.74) is 0.528. The van der Waals surface area contributed by atoms with Gasteiger partial charge in [-0.3, -0.25) is 9.59 Å². The molecule has 1 N–H and O–H groups in total. The molecule has 2 heterocycles. The molecule has 0 fully saturated rings. The van der Waals surface area contributed by atoms with Gasteiger partial charge in [-0.2, -0.15) is 18.3 Å². The Bertz CT molecular complexity index is 1410.